The summed E-state index contributed by atoms with van der Waals surface area (Å²) in [5, 5.41) is 14.1. The minimum Gasteiger partial charge on any atom is -0.281 e. The standard InChI is InChI=1S/2C14H21N3O2S/c2*1-9-6-12(16-15-9)17-11-7-10-4-5-14(11,13(10,2)3)8-20(17,18)19/h2*6,10-11H,4-5,7-8H2,1-3H3,(H,15,16)/t2*10-,11-,14-/m11/s1. The average molecular weight is 591 g/mol. The zero-order chi connectivity index (χ0) is 28.7. The Kier molecular flexibility index (Phi) is 5.26. The van der Waals surface area contributed by atoms with Gasteiger partial charge in [0.05, 0.1) is 23.6 Å². The van der Waals surface area contributed by atoms with Gasteiger partial charge in [0.25, 0.3) is 0 Å². The van der Waals surface area contributed by atoms with E-state index in [1.54, 1.807) is 8.61 Å². The molecule has 4 heterocycles. The molecule has 4 bridgehead atoms. The van der Waals surface area contributed by atoms with Crippen molar-refractivity contribution in [1.29, 1.82) is 0 Å². The van der Waals surface area contributed by atoms with Crippen molar-refractivity contribution in [3.63, 3.8) is 0 Å². The van der Waals surface area contributed by atoms with Gasteiger partial charge in [0, 0.05) is 34.4 Å². The summed E-state index contributed by atoms with van der Waals surface area (Å²) in [6, 6.07) is 3.89. The van der Waals surface area contributed by atoms with Crippen molar-refractivity contribution < 1.29 is 16.8 Å². The first-order valence-electron chi connectivity index (χ1n) is 14.6. The maximum atomic E-state index is 12.7. The molecule has 6 aliphatic rings. The fourth-order valence-corrected chi connectivity index (χ4v) is 15.3. The number of aromatic nitrogens is 4. The Morgan fingerprint density at radius 2 is 1.10 bits per heavy atom. The number of nitrogens with one attached hydrogen (secondary N) is 2. The summed E-state index contributed by atoms with van der Waals surface area (Å²) in [6.07, 6.45) is 6.39. The lowest BCUT2D eigenvalue weighted by molar-refractivity contribution is 0.151. The van der Waals surface area contributed by atoms with Gasteiger partial charge in [-0.3, -0.25) is 10.2 Å². The van der Waals surface area contributed by atoms with Crippen LogP contribution in [0.3, 0.4) is 0 Å². The zero-order valence-corrected chi connectivity index (χ0v) is 26.0. The van der Waals surface area contributed by atoms with Crippen LogP contribution in [0.15, 0.2) is 12.1 Å². The van der Waals surface area contributed by atoms with Gasteiger partial charge in [0.1, 0.15) is 0 Å². The quantitative estimate of drug-likeness (QED) is 0.541. The van der Waals surface area contributed by atoms with Gasteiger partial charge < -0.3 is 0 Å². The fourth-order valence-electron chi connectivity index (χ4n) is 10.2. The van der Waals surface area contributed by atoms with E-state index in [-0.39, 0.29) is 33.7 Å². The number of hydrogen-bond acceptors (Lipinski definition) is 6. The monoisotopic (exact) mass is 590 g/mol. The van der Waals surface area contributed by atoms with Gasteiger partial charge in [0.15, 0.2) is 11.6 Å². The number of aromatic amines is 2. The van der Waals surface area contributed by atoms with Crippen LogP contribution in [0, 0.1) is 47.3 Å². The Hall–Kier alpha value is -2.08. The summed E-state index contributed by atoms with van der Waals surface area (Å²) in [7, 11) is -6.50. The molecule has 6 fully saturated rings. The van der Waals surface area contributed by atoms with Crippen molar-refractivity contribution >= 4 is 31.7 Å². The molecular formula is C28H42N6O4S2. The third-order valence-electron chi connectivity index (χ3n) is 12.7. The molecule has 2 aliphatic heterocycles. The lowest BCUT2D eigenvalue weighted by Gasteiger charge is -2.37. The van der Waals surface area contributed by atoms with Crippen molar-refractivity contribution in [2.24, 2.45) is 33.5 Å². The molecule has 2 aromatic rings. The summed E-state index contributed by atoms with van der Waals surface area (Å²) < 4.78 is 54.2. The van der Waals surface area contributed by atoms with E-state index in [4.69, 9.17) is 0 Å². The molecule has 0 amide bonds. The Morgan fingerprint density at radius 3 is 1.40 bits per heavy atom. The number of nitrogens with zero attached hydrogens (tertiary/aromatic N) is 4. The molecule has 12 heteroatoms. The molecule has 4 aliphatic carbocycles. The second kappa shape index (κ2) is 7.85. The molecule has 4 saturated carbocycles. The van der Waals surface area contributed by atoms with E-state index in [2.05, 4.69) is 48.1 Å². The predicted molar refractivity (Wildman–Crippen MR) is 154 cm³/mol. The zero-order valence-electron chi connectivity index (χ0n) is 24.4. The normalized spacial score (nSPS) is 40.2. The summed E-state index contributed by atoms with van der Waals surface area (Å²) in [4.78, 5) is 0. The first kappa shape index (κ1) is 26.8. The van der Waals surface area contributed by atoms with E-state index in [0.717, 1.165) is 37.1 Å². The van der Waals surface area contributed by atoms with Gasteiger partial charge in [-0.2, -0.15) is 10.2 Å². The molecule has 0 radical (unpaired) electrons. The molecule has 2 saturated heterocycles. The Morgan fingerprint density at radius 1 is 0.725 bits per heavy atom. The molecule has 2 N–H and O–H groups in total. The highest BCUT2D eigenvalue weighted by molar-refractivity contribution is 7.93. The molecule has 40 heavy (non-hydrogen) atoms. The van der Waals surface area contributed by atoms with E-state index >= 15 is 0 Å². The molecule has 2 aromatic heterocycles. The maximum absolute atomic E-state index is 12.7. The summed E-state index contributed by atoms with van der Waals surface area (Å²) in [5.74, 6) is 3.02. The lowest BCUT2D eigenvalue weighted by Crippen LogP contribution is -2.41. The van der Waals surface area contributed by atoms with E-state index < -0.39 is 20.0 Å². The second-order valence-electron chi connectivity index (χ2n) is 14.7. The van der Waals surface area contributed by atoms with E-state index in [1.807, 2.05) is 26.0 Å². The van der Waals surface area contributed by atoms with E-state index in [1.165, 1.54) is 12.8 Å². The van der Waals surface area contributed by atoms with Crippen LogP contribution in [-0.4, -0.2) is 60.8 Å². The first-order chi connectivity index (χ1) is 18.6. The molecule has 0 unspecified atom stereocenters. The predicted octanol–water partition coefficient (Wildman–Crippen LogP) is 4.13. The van der Waals surface area contributed by atoms with Crippen LogP contribution in [-0.2, 0) is 20.0 Å². The topological polar surface area (TPSA) is 132 Å². The summed E-state index contributed by atoms with van der Waals surface area (Å²) >= 11 is 0. The fraction of sp³-hybridized carbons (Fsp3) is 0.786. The van der Waals surface area contributed by atoms with Gasteiger partial charge in [-0.1, -0.05) is 27.7 Å². The van der Waals surface area contributed by atoms with Crippen LogP contribution in [0.1, 0.15) is 77.6 Å². The second-order valence-corrected chi connectivity index (χ2v) is 18.3. The Labute approximate surface area is 237 Å². The number of fused-ring (bicyclic) bond motifs is 2. The number of H-pyrrole nitrogens is 2. The lowest BCUT2D eigenvalue weighted by atomic mass is 9.69. The molecule has 10 nitrogen and oxygen atoms in total. The number of anilines is 2. The van der Waals surface area contributed by atoms with Crippen LogP contribution in [0.2, 0.25) is 0 Å². The molecule has 2 spiro atoms. The average Bonchev–Trinajstić information content (AvgIpc) is 3.68. The van der Waals surface area contributed by atoms with Gasteiger partial charge in [-0.25, -0.2) is 25.4 Å². The largest absolute Gasteiger partial charge is 0.281 e. The van der Waals surface area contributed by atoms with Gasteiger partial charge >= 0.3 is 0 Å². The Bertz CT molecular complexity index is 1470. The van der Waals surface area contributed by atoms with E-state index in [9.17, 15) is 16.8 Å². The molecule has 220 valence electrons. The van der Waals surface area contributed by atoms with Crippen molar-refractivity contribution in [2.45, 2.75) is 92.2 Å². The minimum absolute atomic E-state index is 0.0800. The highest BCUT2D eigenvalue weighted by Gasteiger charge is 2.73. The summed E-state index contributed by atoms with van der Waals surface area (Å²) in [5.41, 5.74) is 1.87. The van der Waals surface area contributed by atoms with Crippen LogP contribution in [0.25, 0.3) is 0 Å². The number of aryl methyl sites for hydroxylation is 2. The van der Waals surface area contributed by atoms with Crippen molar-refractivity contribution in [3.8, 4) is 0 Å². The molecule has 8 rings (SSSR count). The SMILES string of the molecule is Cc1cc(N2[C@@H]3C[C@H]4CC[C@]3(CS2(=O)=O)C4(C)C)n[nH]1.Cc1cc(N2[C@@H]3C[C@H]4CC[C@]3(CS2(=O)=O)C4(C)C)n[nH]1. The Balaban J connectivity index is 0.000000132. The van der Waals surface area contributed by atoms with Crippen LogP contribution in [0.4, 0.5) is 11.6 Å². The highest BCUT2D eigenvalue weighted by Crippen LogP contribution is 2.71. The van der Waals surface area contributed by atoms with Crippen molar-refractivity contribution in [3.05, 3.63) is 23.5 Å². The first-order valence-corrected chi connectivity index (χ1v) is 17.9. The van der Waals surface area contributed by atoms with Crippen LogP contribution in [0.5, 0.6) is 0 Å². The van der Waals surface area contributed by atoms with Gasteiger partial charge in [-0.05, 0) is 75.0 Å². The maximum Gasteiger partial charge on any atom is 0.237 e. The van der Waals surface area contributed by atoms with Crippen LogP contribution < -0.4 is 8.61 Å². The number of sulfonamides is 2. The summed E-state index contributed by atoms with van der Waals surface area (Å²) in [6.45, 7) is 12.9. The molecule has 0 aromatic carbocycles. The molecular weight excluding hydrogens is 548 g/mol. The van der Waals surface area contributed by atoms with Crippen molar-refractivity contribution in [2.75, 3.05) is 20.1 Å². The van der Waals surface area contributed by atoms with Gasteiger partial charge in [0.2, 0.25) is 20.0 Å². The van der Waals surface area contributed by atoms with Gasteiger partial charge in [-0.15, -0.1) is 0 Å². The third kappa shape index (κ3) is 3.15. The van der Waals surface area contributed by atoms with Crippen molar-refractivity contribution in [1.82, 2.24) is 20.4 Å². The van der Waals surface area contributed by atoms with E-state index in [0.29, 0.717) is 35.0 Å². The third-order valence-corrected chi connectivity index (χ3v) is 16.5. The highest BCUT2D eigenvalue weighted by atomic mass is 32.2. The molecule has 6 atom stereocenters. The smallest absolute Gasteiger partial charge is 0.237 e. The number of rotatable bonds is 2. The minimum atomic E-state index is -3.25. The van der Waals surface area contributed by atoms with Crippen LogP contribution >= 0.6 is 0 Å². The number of hydrogen-bond donors (Lipinski definition) is 2.